The SMILES string of the molecule is C=CC(=O)N(C=O)Cc1ccc(C2(c3cc4c(cc3C)C(C)(CC)CCC4(C)C)CCC2)nc1. The van der Waals surface area contributed by atoms with Gasteiger partial charge >= 0.3 is 0 Å². The number of rotatable bonds is 7. The van der Waals surface area contributed by atoms with Crippen molar-refractivity contribution in [3.63, 3.8) is 0 Å². The lowest BCUT2D eigenvalue weighted by molar-refractivity contribution is -0.135. The smallest absolute Gasteiger partial charge is 0.252 e. The first-order chi connectivity index (χ1) is 16.1. The normalized spacial score (nSPS) is 22.3. The molecule has 4 nitrogen and oxygen atoms in total. The number of benzene rings is 1. The van der Waals surface area contributed by atoms with Gasteiger partial charge in [0.2, 0.25) is 6.41 Å². The Morgan fingerprint density at radius 2 is 1.82 bits per heavy atom. The largest absolute Gasteiger partial charge is 0.278 e. The fourth-order valence-electron chi connectivity index (χ4n) is 5.98. The zero-order valence-electron chi connectivity index (χ0n) is 21.4. The van der Waals surface area contributed by atoms with E-state index >= 15 is 0 Å². The highest BCUT2D eigenvalue weighted by Gasteiger charge is 2.45. The minimum Gasteiger partial charge on any atom is -0.278 e. The fraction of sp³-hybridized carbons (Fsp3) is 0.500. The number of aryl methyl sites for hydroxylation is 1. The van der Waals surface area contributed by atoms with Crippen molar-refractivity contribution in [3.05, 3.63) is 76.6 Å². The molecule has 34 heavy (non-hydrogen) atoms. The summed E-state index contributed by atoms with van der Waals surface area (Å²) in [5.74, 6) is -0.402. The van der Waals surface area contributed by atoms with Gasteiger partial charge in [0.25, 0.3) is 5.91 Å². The molecule has 2 aromatic rings. The van der Waals surface area contributed by atoms with E-state index in [0.29, 0.717) is 6.41 Å². The number of pyridine rings is 1. The summed E-state index contributed by atoms with van der Waals surface area (Å²) in [5, 5.41) is 0. The minimum absolute atomic E-state index is 0.0604. The number of carbonyl (C=O) groups is 2. The molecule has 2 aliphatic carbocycles. The molecular weight excluding hydrogens is 420 g/mol. The summed E-state index contributed by atoms with van der Waals surface area (Å²) in [7, 11) is 0. The van der Waals surface area contributed by atoms with Crippen LogP contribution in [0.5, 0.6) is 0 Å². The highest BCUT2D eigenvalue weighted by Crippen LogP contribution is 2.53. The van der Waals surface area contributed by atoms with Crippen LogP contribution in [0.15, 0.2) is 43.1 Å². The number of amides is 2. The van der Waals surface area contributed by atoms with Crippen molar-refractivity contribution in [1.29, 1.82) is 0 Å². The third-order valence-corrected chi connectivity index (χ3v) is 8.80. The number of aromatic nitrogens is 1. The summed E-state index contributed by atoms with van der Waals surface area (Å²) in [5.41, 5.74) is 8.11. The van der Waals surface area contributed by atoms with E-state index in [1.807, 2.05) is 12.3 Å². The molecule has 1 heterocycles. The minimum atomic E-state index is -0.402. The van der Waals surface area contributed by atoms with Crippen LogP contribution >= 0.6 is 0 Å². The molecule has 1 atom stereocenters. The molecule has 0 bridgehead atoms. The van der Waals surface area contributed by atoms with Gasteiger partial charge in [-0.15, -0.1) is 0 Å². The van der Waals surface area contributed by atoms with Crippen molar-refractivity contribution in [2.75, 3.05) is 0 Å². The van der Waals surface area contributed by atoms with Crippen LogP contribution in [0.3, 0.4) is 0 Å². The number of fused-ring (bicyclic) bond motifs is 1. The average molecular weight is 459 g/mol. The molecule has 0 saturated heterocycles. The maximum atomic E-state index is 11.8. The highest BCUT2D eigenvalue weighted by molar-refractivity contribution is 5.94. The lowest BCUT2D eigenvalue weighted by Gasteiger charge is -2.47. The van der Waals surface area contributed by atoms with Gasteiger partial charge in [-0.1, -0.05) is 58.9 Å². The first-order valence-corrected chi connectivity index (χ1v) is 12.6. The van der Waals surface area contributed by atoms with Crippen LogP contribution in [0, 0.1) is 6.92 Å². The van der Waals surface area contributed by atoms with Crippen LogP contribution in [0.25, 0.3) is 0 Å². The van der Waals surface area contributed by atoms with Crippen LogP contribution in [-0.2, 0) is 32.4 Å². The van der Waals surface area contributed by atoms with Gasteiger partial charge < -0.3 is 0 Å². The van der Waals surface area contributed by atoms with E-state index in [2.05, 4.69) is 59.4 Å². The Morgan fingerprint density at radius 3 is 2.35 bits per heavy atom. The Kier molecular flexibility index (Phi) is 6.30. The summed E-state index contributed by atoms with van der Waals surface area (Å²) in [6.07, 6.45) is 10.5. The van der Waals surface area contributed by atoms with Crippen LogP contribution in [0.1, 0.15) is 99.7 Å². The van der Waals surface area contributed by atoms with Crippen LogP contribution in [0.4, 0.5) is 0 Å². The number of hydrogen-bond donors (Lipinski definition) is 0. The topological polar surface area (TPSA) is 50.3 Å². The van der Waals surface area contributed by atoms with Gasteiger partial charge in [0, 0.05) is 11.6 Å². The van der Waals surface area contributed by atoms with Gasteiger partial charge in [-0.05, 0) is 89.8 Å². The summed E-state index contributed by atoms with van der Waals surface area (Å²) in [4.78, 5) is 29.1. The van der Waals surface area contributed by atoms with Gasteiger partial charge in [0.05, 0.1) is 12.2 Å². The molecule has 4 rings (SSSR count). The standard InChI is InChI=1S/C30H38N2O2/c1-7-27(34)32(20-33)19-22-10-11-26(31-18-22)30(12-9-13-30)23-17-24-25(16-21(23)3)29(6,8-2)15-14-28(24,4)5/h7,10-11,16-18,20H,1,8-9,12-15,19H2,2-6H3. The zero-order valence-corrected chi connectivity index (χ0v) is 21.4. The van der Waals surface area contributed by atoms with E-state index in [0.717, 1.165) is 41.5 Å². The Labute approximate surface area is 204 Å². The third-order valence-electron chi connectivity index (χ3n) is 8.80. The molecule has 1 aromatic carbocycles. The molecule has 1 aromatic heterocycles. The Hall–Kier alpha value is -2.75. The summed E-state index contributed by atoms with van der Waals surface area (Å²) < 4.78 is 0. The molecule has 0 N–H and O–H groups in total. The molecule has 1 unspecified atom stereocenters. The molecule has 0 radical (unpaired) electrons. The Morgan fingerprint density at radius 1 is 1.09 bits per heavy atom. The van der Waals surface area contributed by atoms with Crippen LogP contribution in [0.2, 0.25) is 0 Å². The predicted molar refractivity (Wildman–Crippen MR) is 137 cm³/mol. The molecule has 2 aliphatic rings. The van der Waals surface area contributed by atoms with Crippen LogP contribution in [-0.4, -0.2) is 22.2 Å². The number of imide groups is 1. The summed E-state index contributed by atoms with van der Waals surface area (Å²) in [6, 6.07) is 9.09. The maximum Gasteiger partial charge on any atom is 0.252 e. The molecule has 4 heteroatoms. The number of carbonyl (C=O) groups excluding carboxylic acids is 2. The Balaban J connectivity index is 1.73. The van der Waals surface area contributed by atoms with Crippen molar-refractivity contribution in [3.8, 4) is 0 Å². The van der Waals surface area contributed by atoms with Gasteiger partial charge in [0.1, 0.15) is 0 Å². The van der Waals surface area contributed by atoms with E-state index in [9.17, 15) is 9.59 Å². The van der Waals surface area contributed by atoms with Crippen molar-refractivity contribution in [2.45, 2.75) is 95.9 Å². The molecule has 2 amide bonds. The third kappa shape index (κ3) is 3.91. The van der Waals surface area contributed by atoms with Crippen molar-refractivity contribution < 1.29 is 9.59 Å². The number of hydrogen-bond acceptors (Lipinski definition) is 3. The first-order valence-electron chi connectivity index (χ1n) is 12.6. The first kappa shape index (κ1) is 24.4. The van der Waals surface area contributed by atoms with Crippen molar-refractivity contribution in [1.82, 2.24) is 9.88 Å². The van der Waals surface area contributed by atoms with Gasteiger partial charge in [0.15, 0.2) is 0 Å². The molecule has 1 saturated carbocycles. The summed E-state index contributed by atoms with van der Waals surface area (Å²) in [6.45, 7) is 15.5. The van der Waals surface area contributed by atoms with E-state index < -0.39 is 5.91 Å². The van der Waals surface area contributed by atoms with Crippen molar-refractivity contribution >= 4 is 12.3 Å². The zero-order chi connectivity index (χ0) is 24.7. The second-order valence-electron chi connectivity index (χ2n) is 11.3. The second-order valence-corrected chi connectivity index (χ2v) is 11.3. The van der Waals surface area contributed by atoms with E-state index in [1.165, 1.54) is 41.5 Å². The van der Waals surface area contributed by atoms with Crippen molar-refractivity contribution in [2.24, 2.45) is 0 Å². The number of nitrogens with zero attached hydrogens (tertiary/aromatic N) is 2. The predicted octanol–water partition coefficient (Wildman–Crippen LogP) is 6.27. The molecular formula is C30H38N2O2. The van der Waals surface area contributed by atoms with Crippen LogP contribution < -0.4 is 0 Å². The quantitative estimate of drug-likeness (QED) is 0.363. The van der Waals surface area contributed by atoms with Gasteiger partial charge in [-0.3, -0.25) is 19.5 Å². The lowest BCUT2D eigenvalue weighted by atomic mass is 9.57. The lowest BCUT2D eigenvalue weighted by Crippen LogP contribution is -2.40. The van der Waals surface area contributed by atoms with E-state index in [1.54, 1.807) is 0 Å². The molecule has 0 spiro atoms. The molecule has 1 fully saturated rings. The van der Waals surface area contributed by atoms with E-state index in [4.69, 9.17) is 4.98 Å². The summed E-state index contributed by atoms with van der Waals surface area (Å²) >= 11 is 0. The second kappa shape index (κ2) is 8.79. The monoisotopic (exact) mass is 458 g/mol. The molecule has 0 aliphatic heterocycles. The van der Waals surface area contributed by atoms with Gasteiger partial charge in [-0.2, -0.15) is 0 Å². The highest BCUT2D eigenvalue weighted by atomic mass is 16.2. The van der Waals surface area contributed by atoms with Gasteiger partial charge in [-0.25, -0.2) is 0 Å². The average Bonchev–Trinajstić information content (AvgIpc) is 2.80. The maximum absolute atomic E-state index is 11.8. The fourth-order valence-corrected chi connectivity index (χ4v) is 5.98. The van der Waals surface area contributed by atoms with E-state index in [-0.39, 0.29) is 22.8 Å². The Bertz CT molecular complexity index is 1110. The molecule has 180 valence electrons.